The van der Waals surface area contributed by atoms with Crippen LogP contribution in [0.1, 0.15) is 71.6 Å². The summed E-state index contributed by atoms with van der Waals surface area (Å²) in [6.45, 7) is 4.18. The topological polar surface area (TPSA) is 66.5 Å². The quantitative estimate of drug-likeness (QED) is 0.402. The Morgan fingerprint density at radius 2 is 1.44 bits per heavy atom. The predicted octanol–water partition coefficient (Wildman–Crippen LogP) is 3.21. The number of hydrogen-bond acceptors (Lipinski definition) is 3. The van der Waals surface area contributed by atoms with Gasteiger partial charge in [0.15, 0.2) is 6.29 Å². The third-order valence-corrected chi connectivity index (χ3v) is 3.44. The number of unbranched alkanes of at least 4 members (excludes halogenated alkanes) is 6. The van der Waals surface area contributed by atoms with Crippen molar-refractivity contribution in [2.45, 2.75) is 84.0 Å². The molecular weight excluding hydrogens is 250 g/mol. The van der Waals surface area contributed by atoms with E-state index in [1.165, 1.54) is 38.5 Å². The fourth-order valence-electron chi connectivity index (χ4n) is 2.23. The minimum atomic E-state index is -1.21. The minimum absolute atomic E-state index is 0. The van der Waals surface area contributed by atoms with Gasteiger partial charge in [-0.25, -0.2) is 0 Å². The Labute approximate surface area is 119 Å². The van der Waals surface area contributed by atoms with E-state index >= 15 is 0 Å². The second-order valence-electron chi connectivity index (χ2n) is 5.25. The van der Waals surface area contributed by atoms with E-state index in [1.807, 2.05) is 6.92 Å². The summed E-state index contributed by atoms with van der Waals surface area (Å²) < 4.78 is 0. The lowest BCUT2D eigenvalue weighted by molar-refractivity contribution is -0.0585. The van der Waals surface area contributed by atoms with Crippen molar-refractivity contribution in [1.29, 1.82) is 0 Å². The van der Waals surface area contributed by atoms with Crippen molar-refractivity contribution in [2.24, 2.45) is 11.7 Å². The fourth-order valence-corrected chi connectivity index (χ4v) is 2.23. The maximum Gasteiger partial charge on any atom is 0.151 e. The van der Waals surface area contributed by atoms with Crippen LogP contribution in [-0.4, -0.2) is 22.5 Å². The van der Waals surface area contributed by atoms with Gasteiger partial charge in [-0.3, -0.25) is 0 Å². The van der Waals surface area contributed by atoms with Gasteiger partial charge in [0.25, 0.3) is 0 Å². The summed E-state index contributed by atoms with van der Waals surface area (Å²) in [6.07, 6.45) is 9.24. The van der Waals surface area contributed by atoms with Crippen LogP contribution >= 0.6 is 12.4 Å². The van der Waals surface area contributed by atoms with Crippen LogP contribution in [0.25, 0.3) is 0 Å². The molecule has 0 spiro atoms. The van der Waals surface area contributed by atoms with Crippen LogP contribution in [0.3, 0.4) is 0 Å². The molecule has 4 heteroatoms. The Balaban J connectivity index is 0. The smallest absolute Gasteiger partial charge is 0.151 e. The van der Waals surface area contributed by atoms with Crippen LogP contribution in [0.15, 0.2) is 0 Å². The van der Waals surface area contributed by atoms with E-state index < -0.39 is 6.29 Å². The van der Waals surface area contributed by atoms with Crippen LogP contribution in [0.5, 0.6) is 0 Å². The van der Waals surface area contributed by atoms with Gasteiger partial charge in [-0.1, -0.05) is 51.9 Å². The first-order valence-electron chi connectivity index (χ1n) is 7.19. The summed E-state index contributed by atoms with van der Waals surface area (Å²) in [5, 5.41) is 17.9. The highest BCUT2D eigenvalue weighted by atomic mass is 35.5. The van der Waals surface area contributed by atoms with Crippen molar-refractivity contribution < 1.29 is 10.2 Å². The zero-order valence-corrected chi connectivity index (χ0v) is 12.8. The molecule has 4 N–H and O–H groups in total. The first kappa shape index (κ1) is 20.5. The molecule has 0 rings (SSSR count). The Kier molecular flexibility index (Phi) is 15.5. The molecule has 18 heavy (non-hydrogen) atoms. The molecule has 0 aromatic rings. The second-order valence-corrected chi connectivity index (χ2v) is 5.25. The summed E-state index contributed by atoms with van der Waals surface area (Å²) in [5.41, 5.74) is 5.84. The van der Waals surface area contributed by atoms with Gasteiger partial charge in [-0.2, -0.15) is 0 Å². The SMILES string of the molecule is CCCCCCCCCC(CC(O)O)C(C)N.Cl. The van der Waals surface area contributed by atoms with Gasteiger partial charge in [-0.15, -0.1) is 12.4 Å². The van der Waals surface area contributed by atoms with Crippen molar-refractivity contribution in [3.8, 4) is 0 Å². The third kappa shape index (κ3) is 12.6. The number of rotatable bonds is 11. The molecular formula is C14H32ClNO2. The molecule has 0 saturated heterocycles. The van der Waals surface area contributed by atoms with Crippen molar-refractivity contribution >= 4 is 12.4 Å². The van der Waals surface area contributed by atoms with E-state index in [4.69, 9.17) is 15.9 Å². The lowest BCUT2D eigenvalue weighted by atomic mass is 9.91. The van der Waals surface area contributed by atoms with Gasteiger partial charge < -0.3 is 15.9 Å². The molecule has 0 amide bonds. The molecule has 0 heterocycles. The van der Waals surface area contributed by atoms with Gasteiger partial charge in [0, 0.05) is 12.5 Å². The Morgan fingerprint density at radius 1 is 0.944 bits per heavy atom. The molecule has 0 radical (unpaired) electrons. The molecule has 2 atom stereocenters. The highest BCUT2D eigenvalue weighted by Crippen LogP contribution is 2.19. The van der Waals surface area contributed by atoms with Gasteiger partial charge in [0.1, 0.15) is 0 Å². The van der Waals surface area contributed by atoms with Crippen LogP contribution in [-0.2, 0) is 0 Å². The molecule has 0 aromatic heterocycles. The van der Waals surface area contributed by atoms with E-state index in [0.29, 0.717) is 6.42 Å². The number of nitrogens with two attached hydrogens (primary N) is 1. The molecule has 0 aliphatic heterocycles. The fraction of sp³-hybridized carbons (Fsp3) is 1.00. The minimum Gasteiger partial charge on any atom is -0.368 e. The number of aliphatic hydroxyl groups is 2. The molecule has 0 aliphatic carbocycles. The largest absolute Gasteiger partial charge is 0.368 e. The highest BCUT2D eigenvalue weighted by Gasteiger charge is 2.16. The van der Waals surface area contributed by atoms with Crippen molar-refractivity contribution in [3.05, 3.63) is 0 Å². The Hall–Kier alpha value is 0.170. The number of aliphatic hydroxyl groups excluding tert-OH is 1. The lowest BCUT2D eigenvalue weighted by Gasteiger charge is -2.21. The Bertz CT molecular complexity index is 166. The molecule has 0 aliphatic rings. The normalized spacial score (nSPS) is 14.3. The molecule has 0 fully saturated rings. The summed E-state index contributed by atoms with van der Waals surface area (Å²) in [5.74, 6) is 0.241. The average Bonchev–Trinajstić information content (AvgIpc) is 2.25. The Morgan fingerprint density at radius 3 is 1.89 bits per heavy atom. The highest BCUT2D eigenvalue weighted by molar-refractivity contribution is 5.85. The zero-order chi connectivity index (χ0) is 13.1. The van der Waals surface area contributed by atoms with E-state index in [1.54, 1.807) is 0 Å². The maximum atomic E-state index is 8.97. The molecule has 0 saturated carbocycles. The van der Waals surface area contributed by atoms with Crippen molar-refractivity contribution in [1.82, 2.24) is 0 Å². The molecule has 112 valence electrons. The van der Waals surface area contributed by atoms with Gasteiger partial charge in [0.2, 0.25) is 0 Å². The zero-order valence-electron chi connectivity index (χ0n) is 12.0. The van der Waals surface area contributed by atoms with E-state index in [9.17, 15) is 0 Å². The van der Waals surface area contributed by atoms with Crippen molar-refractivity contribution in [2.75, 3.05) is 0 Å². The first-order chi connectivity index (χ1) is 8.07. The monoisotopic (exact) mass is 281 g/mol. The molecule has 3 nitrogen and oxygen atoms in total. The molecule has 0 aromatic carbocycles. The van der Waals surface area contributed by atoms with Crippen LogP contribution in [0.4, 0.5) is 0 Å². The van der Waals surface area contributed by atoms with E-state index in [2.05, 4.69) is 6.92 Å². The molecule has 2 unspecified atom stereocenters. The standard InChI is InChI=1S/C14H31NO2.ClH/c1-3-4-5-6-7-8-9-10-13(12(2)15)11-14(16)17;/h12-14,16-17H,3-11,15H2,1-2H3;1H. The van der Waals surface area contributed by atoms with Gasteiger partial charge in [0.05, 0.1) is 0 Å². The molecule has 0 bridgehead atoms. The first-order valence-corrected chi connectivity index (χ1v) is 7.19. The second kappa shape index (κ2) is 13.6. The average molecular weight is 282 g/mol. The summed E-state index contributed by atoms with van der Waals surface area (Å²) in [4.78, 5) is 0. The van der Waals surface area contributed by atoms with Crippen LogP contribution in [0.2, 0.25) is 0 Å². The third-order valence-electron chi connectivity index (χ3n) is 3.44. The lowest BCUT2D eigenvalue weighted by Crippen LogP contribution is -2.29. The number of hydrogen-bond donors (Lipinski definition) is 3. The maximum absolute atomic E-state index is 8.97. The summed E-state index contributed by atoms with van der Waals surface area (Å²) in [7, 11) is 0. The predicted molar refractivity (Wildman–Crippen MR) is 79.8 cm³/mol. The van der Waals surface area contributed by atoms with Crippen molar-refractivity contribution in [3.63, 3.8) is 0 Å². The van der Waals surface area contributed by atoms with Crippen LogP contribution in [0, 0.1) is 5.92 Å². The van der Waals surface area contributed by atoms with Gasteiger partial charge in [-0.05, 0) is 19.3 Å². The van der Waals surface area contributed by atoms with Gasteiger partial charge >= 0.3 is 0 Å². The van der Waals surface area contributed by atoms with E-state index in [-0.39, 0.29) is 24.4 Å². The summed E-state index contributed by atoms with van der Waals surface area (Å²) >= 11 is 0. The number of halogens is 1. The summed E-state index contributed by atoms with van der Waals surface area (Å²) in [6, 6.07) is 0.0527. The van der Waals surface area contributed by atoms with Crippen LogP contribution < -0.4 is 5.73 Å². The van der Waals surface area contributed by atoms with E-state index in [0.717, 1.165) is 12.8 Å².